The Morgan fingerprint density at radius 1 is 1.29 bits per heavy atom. The first kappa shape index (κ1) is 14.7. The Morgan fingerprint density at radius 2 is 2.14 bits per heavy atom. The molecule has 0 amide bonds. The van der Waals surface area contributed by atoms with Crippen LogP contribution in [0.3, 0.4) is 0 Å². The molecule has 3 rings (SSSR count). The largest absolute Gasteiger partial charge is 0.312 e. The first-order chi connectivity index (χ1) is 10.1. The molecule has 0 spiro atoms. The van der Waals surface area contributed by atoms with Gasteiger partial charge in [0, 0.05) is 31.4 Å². The Morgan fingerprint density at radius 3 is 2.86 bits per heavy atom. The SMILES string of the molecule is O=S(=O)(Nc1cccnc1)N1CCCCC1CNC1CC1. The van der Waals surface area contributed by atoms with Gasteiger partial charge in [-0.3, -0.25) is 9.71 Å². The summed E-state index contributed by atoms with van der Waals surface area (Å²) in [6.45, 7) is 1.34. The van der Waals surface area contributed by atoms with E-state index in [1.54, 1.807) is 22.6 Å². The third-order valence-corrected chi connectivity index (χ3v) is 5.60. The van der Waals surface area contributed by atoms with Gasteiger partial charge in [0.2, 0.25) is 0 Å². The van der Waals surface area contributed by atoms with Crippen LogP contribution in [0.15, 0.2) is 24.5 Å². The monoisotopic (exact) mass is 310 g/mol. The fraction of sp³-hybridized carbons (Fsp3) is 0.643. The molecule has 2 N–H and O–H groups in total. The molecule has 1 unspecified atom stereocenters. The van der Waals surface area contributed by atoms with Crippen molar-refractivity contribution >= 4 is 15.9 Å². The lowest BCUT2D eigenvalue weighted by Crippen LogP contribution is -2.50. The molecule has 2 fully saturated rings. The smallest absolute Gasteiger partial charge is 0.301 e. The van der Waals surface area contributed by atoms with Crippen molar-refractivity contribution in [1.82, 2.24) is 14.6 Å². The predicted octanol–water partition coefficient (Wildman–Crippen LogP) is 1.34. The normalized spacial score (nSPS) is 23.9. The van der Waals surface area contributed by atoms with Crippen molar-refractivity contribution in [2.75, 3.05) is 17.8 Å². The van der Waals surface area contributed by atoms with Crippen LogP contribution in [0.2, 0.25) is 0 Å². The Kier molecular flexibility index (Phi) is 4.42. The average Bonchev–Trinajstić information content (AvgIpc) is 3.30. The minimum atomic E-state index is -3.51. The highest BCUT2D eigenvalue weighted by atomic mass is 32.2. The van der Waals surface area contributed by atoms with Crippen molar-refractivity contribution in [2.45, 2.75) is 44.2 Å². The van der Waals surface area contributed by atoms with Crippen LogP contribution >= 0.6 is 0 Å². The van der Waals surface area contributed by atoms with Crippen LogP contribution in [0.4, 0.5) is 5.69 Å². The van der Waals surface area contributed by atoms with Gasteiger partial charge in [-0.25, -0.2) is 0 Å². The lowest BCUT2D eigenvalue weighted by Gasteiger charge is -2.34. The second-order valence-corrected chi connectivity index (χ2v) is 7.41. The summed E-state index contributed by atoms with van der Waals surface area (Å²) in [5.41, 5.74) is 0.511. The maximum absolute atomic E-state index is 12.6. The summed E-state index contributed by atoms with van der Waals surface area (Å²) in [7, 11) is -3.51. The van der Waals surface area contributed by atoms with Crippen molar-refractivity contribution in [3.05, 3.63) is 24.5 Å². The molecule has 6 nitrogen and oxygen atoms in total. The summed E-state index contributed by atoms with van der Waals surface area (Å²) < 4.78 is 29.4. The number of nitrogens with zero attached hydrogens (tertiary/aromatic N) is 2. The highest BCUT2D eigenvalue weighted by molar-refractivity contribution is 7.90. The van der Waals surface area contributed by atoms with Crippen molar-refractivity contribution in [2.24, 2.45) is 0 Å². The second-order valence-electron chi connectivity index (χ2n) is 5.79. The molecule has 0 radical (unpaired) electrons. The molecular weight excluding hydrogens is 288 g/mol. The Hall–Kier alpha value is -1.18. The number of rotatable bonds is 6. The molecule has 1 aromatic rings. The Balaban J connectivity index is 1.68. The van der Waals surface area contributed by atoms with E-state index in [2.05, 4.69) is 15.0 Å². The summed E-state index contributed by atoms with van der Waals surface area (Å²) in [4.78, 5) is 3.94. The quantitative estimate of drug-likeness (QED) is 0.831. The van der Waals surface area contributed by atoms with E-state index in [0.29, 0.717) is 18.3 Å². The Labute approximate surface area is 126 Å². The van der Waals surface area contributed by atoms with Crippen LogP contribution in [0.25, 0.3) is 0 Å². The molecule has 1 saturated carbocycles. The predicted molar refractivity (Wildman–Crippen MR) is 82.1 cm³/mol. The zero-order valence-corrected chi connectivity index (χ0v) is 12.8. The van der Waals surface area contributed by atoms with Crippen LogP contribution in [-0.2, 0) is 10.2 Å². The summed E-state index contributed by atoms with van der Waals surface area (Å²) in [5, 5.41) is 3.45. The summed E-state index contributed by atoms with van der Waals surface area (Å²) in [5.74, 6) is 0. The number of pyridine rings is 1. The van der Waals surface area contributed by atoms with Crippen molar-refractivity contribution in [1.29, 1.82) is 0 Å². The molecule has 1 atom stereocenters. The fourth-order valence-corrected chi connectivity index (χ4v) is 4.19. The lowest BCUT2D eigenvalue weighted by atomic mass is 10.1. The summed E-state index contributed by atoms with van der Waals surface area (Å²) >= 11 is 0. The van der Waals surface area contributed by atoms with Crippen LogP contribution in [0.5, 0.6) is 0 Å². The summed E-state index contributed by atoms with van der Waals surface area (Å²) in [6.07, 6.45) is 8.53. The standard InChI is InChI=1S/C14H22N4O2S/c19-21(20,17-13-4-3-8-15-10-13)18-9-2-1-5-14(18)11-16-12-6-7-12/h3-4,8,10,12,14,16-17H,1-2,5-7,9,11H2. The molecule has 1 aliphatic heterocycles. The second kappa shape index (κ2) is 6.29. The average molecular weight is 310 g/mol. The Bertz CT molecular complexity index is 560. The van der Waals surface area contributed by atoms with Crippen LogP contribution in [-0.4, -0.2) is 42.9 Å². The first-order valence-corrected chi connectivity index (χ1v) is 9.02. The summed E-state index contributed by atoms with van der Waals surface area (Å²) in [6, 6.07) is 4.09. The molecule has 0 aromatic carbocycles. The van der Waals surface area contributed by atoms with E-state index in [9.17, 15) is 8.42 Å². The number of hydrogen-bond acceptors (Lipinski definition) is 4. The molecule has 21 heavy (non-hydrogen) atoms. The van der Waals surface area contributed by atoms with Gasteiger partial charge in [0.05, 0.1) is 11.9 Å². The highest BCUT2D eigenvalue weighted by Crippen LogP contribution is 2.24. The van der Waals surface area contributed by atoms with E-state index in [1.165, 1.54) is 19.0 Å². The molecule has 1 aliphatic carbocycles. The van der Waals surface area contributed by atoms with Gasteiger partial charge >= 0.3 is 10.2 Å². The molecule has 2 heterocycles. The zero-order valence-electron chi connectivity index (χ0n) is 12.0. The van der Waals surface area contributed by atoms with Gasteiger partial charge in [-0.2, -0.15) is 12.7 Å². The van der Waals surface area contributed by atoms with Crippen LogP contribution in [0.1, 0.15) is 32.1 Å². The topological polar surface area (TPSA) is 74.3 Å². The van der Waals surface area contributed by atoms with Gasteiger partial charge < -0.3 is 5.32 Å². The number of aromatic nitrogens is 1. The van der Waals surface area contributed by atoms with E-state index in [0.717, 1.165) is 25.8 Å². The molecule has 0 bridgehead atoms. The maximum atomic E-state index is 12.6. The van der Waals surface area contributed by atoms with Crippen molar-refractivity contribution < 1.29 is 8.42 Å². The lowest BCUT2D eigenvalue weighted by molar-refractivity contribution is 0.246. The van der Waals surface area contributed by atoms with E-state index in [-0.39, 0.29) is 6.04 Å². The fourth-order valence-electron chi connectivity index (χ4n) is 2.72. The van der Waals surface area contributed by atoms with E-state index < -0.39 is 10.2 Å². The molecule has 116 valence electrons. The minimum Gasteiger partial charge on any atom is -0.312 e. The first-order valence-electron chi connectivity index (χ1n) is 7.58. The molecule has 1 aromatic heterocycles. The maximum Gasteiger partial charge on any atom is 0.301 e. The number of nitrogens with one attached hydrogen (secondary N) is 2. The van der Waals surface area contributed by atoms with Gasteiger partial charge in [-0.15, -0.1) is 0 Å². The van der Waals surface area contributed by atoms with E-state index in [1.807, 2.05) is 0 Å². The number of hydrogen-bond donors (Lipinski definition) is 2. The molecular formula is C14H22N4O2S. The van der Waals surface area contributed by atoms with Crippen molar-refractivity contribution in [3.8, 4) is 0 Å². The van der Waals surface area contributed by atoms with Crippen LogP contribution in [0, 0.1) is 0 Å². The molecule has 1 saturated heterocycles. The molecule has 2 aliphatic rings. The van der Waals surface area contributed by atoms with Gasteiger partial charge in [0.15, 0.2) is 0 Å². The number of anilines is 1. The van der Waals surface area contributed by atoms with Gasteiger partial charge in [-0.1, -0.05) is 6.42 Å². The number of piperidine rings is 1. The van der Waals surface area contributed by atoms with Crippen LogP contribution < -0.4 is 10.0 Å². The van der Waals surface area contributed by atoms with Gasteiger partial charge in [-0.05, 0) is 37.8 Å². The van der Waals surface area contributed by atoms with Crippen molar-refractivity contribution in [3.63, 3.8) is 0 Å². The van der Waals surface area contributed by atoms with Gasteiger partial charge in [0.25, 0.3) is 0 Å². The minimum absolute atomic E-state index is 0.0496. The molecule has 7 heteroatoms. The van der Waals surface area contributed by atoms with E-state index in [4.69, 9.17) is 0 Å². The third kappa shape index (κ3) is 3.93. The van der Waals surface area contributed by atoms with E-state index >= 15 is 0 Å². The zero-order chi connectivity index (χ0) is 14.7. The van der Waals surface area contributed by atoms with Gasteiger partial charge in [0.1, 0.15) is 0 Å². The highest BCUT2D eigenvalue weighted by Gasteiger charge is 2.33. The third-order valence-electron chi connectivity index (χ3n) is 4.01.